The van der Waals surface area contributed by atoms with E-state index >= 15 is 0 Å². The Hall–Kier alpha value is -1.59. The summed E-state index contributed by atoms with van der Waals surface area (Å²) in [6, 6.07) is 7.50. The van der Waals surface area contributed by atoms with Gasteiger partial charge < -0.3 is 15.2 Å². The van der Waals surface area contributed by atoms with Crippen LogP contribution in [0.1, 0.15) is 20.3 Å². The van der Waals surface area contributed by atoms with Gasteiger partial charge in [0.15, 0.2) is 0 Å². The number of hydrogen-bond acceptors (Lipinski definition) is 4. The van der Waals surface area contributed by atoms with Gasteiger partial charge in [-0.1, -0.05) is 0 Å². The minimum Gasteiger partial charge on any atom is -0.497 e. The fraction of sp³-hybridized carbons (Fsp3) is 0.533. The molecule has 0 aliphatic heterocycles. The van der Waals surface area contributed by atoms with Crippen molar-refractivity contribution >= 4 is 11.6 Å². The topological polar surface area (TPSA) is 61.8 Å². The summed E-state index contributed by atoms with van der Waals surface area (Å²) in [5, 5.41) is 11.7. The fourth-order valence-corrected chi connectivity index (χ4v) is 1.85. The first-order chi connectivity index (χ1) is 9.56. The number of aliphatic hydroxyl groups excluding tert-OH is 1. The normalized spacial score (nSPS) is 10.9. The van der Waals surface area contributed by atoms with Gasteiger partial charge in [-0.3, -0.25) is 9.69 Å². The Morgan fingerprint density at radius 1 is 1.35 bits per heavy atom. The van der Waals surface area contributed by atoms with Crippen LogP contribution in [0.3, 0.4) is 0 Å². The van der Waals surface area contributed by atoms with Crippen LogP contribution in [0.2, 0.25) is 0 Å². The van der Waals surface area contributed by atoms with Crippen LogP contribution in [-0.2, 0) is 4.79 Å². The summed E-state index contributed by atoms with van der Waals surface area (Å²) in [5.41, 5.74) is 0.752. The third-order valence-corrected chi connectivity index (χ3v) is 3.05. The second-order valence-electron chi connectivity index (χ2n) is 4.92. The lowest BCUT2D eigenvalue weighted by molar-refractivity contribution is -0.117. The molecule has 0 fully saturated rings. The van der Waals surface area contributed by atoms with Gasteiger partial charge in [0.25, 0.3) is 0 Å². The van der Waals surface area contributed by atoms with E-state index in [1.807, 2.05) is 43.0 Å². The van der Waals surface area contributed by atoms with Crippen LogP contribution in [0, 0.1) is 0 Å². The SMILES string of the molecule is COc1ccc(NC(=O)CN(CCCO)C(C)C)cc1. The zero-order chi connectivity index (χ0) is 15.0. The lowest BCUT2D eigenvalue weighted by atomic mass is 10.2. The molecule has 20 heavy (non-hydrogen) atoms. The molecular formula is C15H24N2O3. The summed E-state index contributed by atoms with van der Waals surface area (Å²) in [5.74, 6) is 0.705. The van der Waals surface area contributed by atoms with E-state index in [9.17, 15) is 4.79 Å². The van der Waals surface area contributed by atoms with Crippen molar-refractivity contribution < 1.29 is 14.6 Å². The molecule has 0 spiro atoms. The molecule has 0 saturated carbocycles. The lowest BCUT2D eigenvalue weighted by Crippen LogP contribution is -2.38. The Kier molecular flexibility index (Phi) is 7.04. The van der Waals surface area contributed by atoms with Crippen molar-refractivity contribution in [2.75, 3.05) is 32.1 Å². The first-order valence-corrected chi connectivity index (χ1v) is 6.85. The van der Waals surface area contributed by atoms with Gasteiger partial charge in [-0.2, -0.15) is 0 Å². The lowest BCUT2D eigenvalue weighted by Gasteiger charge is -2.25. The molecule has 1 aromatic carbocycles. The Balaban J connectivity index is 2.51. The smallest absolute Gasteiger partial charge is 0.238 e. The van der Waals surface area contributed by atoms with Gasteiger partial charge in [-0.05, 0) is 44.5 Å². The molecule has 0 aliphatic carbocycles. The van der Waals surface area contributed by atoms with Gasteiger partial charge in [0.1, 0.15) is 5.75 Å². The highest BCUT2D eigenvalue weighted by atomic mass is 16.5. The van der Waals surface area contributed by atoms with Crippen molar-refractivity contribution in [3.05, 3.63) is 24.3 Å². The maximum atomic E-state index is 12.0. The molecule has 0 aliphatic rings. The quantitative estimate of drug-likeness (QED) is 0.761. The minimum atomic E-state index is -0.0539. The molecule has 112 valence electrons. The molecule has 1 amide bonds. The monoisotopic (exact) mass is 280 g/mol. The average molecular weight is 280 g/mol. The molecule has 5 heteroatoms. The summed E-state index contributed by atoms with van der Waals surface area (Å²) in [7, 11) is 1.61. The Bertz CT molecular complexity index is 404. The molecule has 0 unspecified atom stereocenters. The predicted octanol–water partition coefficient (Wildman–Crippen LogP) is 1.73. The van der Waals surface area contributed by atoms with Gasteiger partial charge in [0, 0.05) is 24.9 Å². The number of anilines is 1. The maximum absolute atomic E-state index is 12.0. The second-order valence-corrected chi connectivity index (χ2v) is 4.92. The first-order valence-electron chi connectivity index (χ1n) is 6.85. The molecule has 2 N–H and O–H groups in total. The zero-order valence-corrected chi connectivity index (χ0v) is 12.4. The van der Waals surface area contributed by atoms with Crippen LogP contribution < -0.4 is 10.1 Å². The van der Waals surface area contributed by atoms with Crippen molar-refractivity contribution in [3.8, 4) is 5.75 Å². The number of carbonyl (C=O) groups excluding carboxylic acids is 1. The number of aliphatic hydroxyl groups is 1. The Labute approximate surface area is 120 Å². The second kappa shape index (κ2) is 8.55. The van der Waals surface area contributed by atoms with Crippen LogP contribution in [-0.4, -0.2) is 48.8 Å². The molecule has 1 aromatic rings. The molecule has 0 aromatic heterocycles. The van der Waals surface area contributed by atoms with E-state index in [0.29, 0.717) is 19.5 Å². The predicted molar refractivity (Wildman–Crippen MR) is 80.0 cm³/mol. The first kappa shape index (κ1) is 16.5. The highest BCUT2D eigenvalue weighted by molar-refractivity contribution is 5.92. The van der Waals surface area contributed by atoms with Crippen molar-refractivity contribution in [1.29, 1.82) is 0 Å². The molecule has 0 radical (unpaired) electrons. The molecular weight excluding hydrogens is 256 g/mol. The largest absolute Gasteiger partial charge is 0.497 e. The highest BCUT2D eigenvalue weighted by Gasteiger charge is 2.13. The Morgan fingerprint density at radius 3 is 2.50 bits per heavy atom. The number of amides is 1. The number of nitrogens with one attached hydrogen (secondary N) is 1. The van der Waals surface area contributed by atoms with Gasteiger partial charge in [0.2, 0.25) is 5.91 Å². The van der Waals surface area contributed by atoms with E-state index in [-0.39, 0.29) is 18.6 Å². The fourth-order valence-electron chi connectivity index (χ4n) is 1.85. The number of carbonyl (C=O) groups is 1. The van der Waals surface area contributed by atoms with Crippen LogP contribution in [0.5, 0.6) is 5.75 Å². The third-order valence-electron chi connectivity index (χ3n) is 3.05. The number of methoxy groups -OCH3 is 1. The van der Waals surface area contributed by atoms with E-state index in [1.54, 1.807) is 7.11 Å². The summed E-state index contributed by atoms with van der Waals surface area (Å²) in [6.45, 7) is 5.26. The number of ether oxygens (including phenoxy) is 1. The maximum Gasteiger partial charge on any atom is 0.238 e. The molecule has 0 saturated heterocycles. The molecule has 0 atom stereocenters. The minimum absolute atomic E-state index is 0.0539. The van der Waals surface area contributed by atoms with Crippen LogP contribution in [0.15, 0.2) is 24.3 Å². The van der Waals surface area contributed by atoms with Crippen molar-refractivity contribution in [2.24, 2.45) is 0 Å². The van der Waals surface area contributed by atoms with E-state index in [4.69, 9.17) is 9.84 Å². The summed E-state index contributed by atoms with van der Waals surface area (Å²) in [6.07, 6.45) is 0.675. The zero-order valence-electron chi connectivity index (χ0n) is 12.4. The van der Waals surface area contributed by atoms with Crippen molar-refractivity contribution in [3.63, 3.8) is 0 Å². The number of benzene rings is 1. The van der Waals surface area contributed by atoms with Crippen molar-refractivity contribution in [2.45, 2.75) is 26.3 Å². The van der Waals surface area contributed by atoms with Crippen LogP contribution in [0.4, 0.5) is 5.69 Å². The van der Waals surface area contributed by atoms with Gasteiger partial charge in [-0.15, -0.1) is 0 Å². The Morgan fingerprint density at radius 2 is 2.00 bits per heavy atom. The third kappa shape index (κ3) is 5.59. The number of hydrogen-bond donors (Lipinski definition) is 2. The van der Waals surface area contributed by atoms with E-state index in [0.717, 1.165) is 11.4 Å². The van der Waals surface area contributed by atoms with Crippen LogP contribution in [0.25, 0.3) is 0 Å². The standard InChI is InChI=1S/C15H24N2O3/c1-12(2)17(9-4-10-18)11-15(19)16-13-5-7-14(20-3)8-6-13/h5-8,12,18H,4,9-11H2,1-3H3,(H,16,19). The average Bonchev–Trinajstić information content (AvgIpc) is 2.44. The van der Waals surface area contributed by atoms with E-state index < -0.39 is 0 Å². The molecule has 0 heterocycles. The molecule has 1 rings (SSSR count). The van der Waals surface area contributed by atoms with Crippen molar-refractivity contribution in [1.82, 2.24) is 4.90 Å². The van der Waals surface area contributed by atoms with E-state index in [2.05, 4.69) is 5.32 Å². The summed E-state index contributed by atoms with van der Waals surface area (Å²) in [4.78, 5) is 14.0. The van der Waals surface area contributed by atoms with Crippen LogP contribution >= 0.6 is 0 Å². The number of rotatable bonds is 8. The molecule has 0 bridgehead atoms. The molecule has 5 nitrogen and oxygen atoms in total. The van der Waals surface area contributed by atoms with Gasteiger partial charge >= 0.3 is 0 Å². The summed E-state index contributed by atoms with van der Waals surface area (Å²) >= 11 is 0. The van der Waals surface area contributed by atoms with Gasteiger partial charge in [0.05, 0.1) is 13.7 Å². The number of nitrogens with zero attached hydrogens (tertiary/aromatic N) is 1. The summed E-state index contributed by atoms with van der Waals surface area (Å²) < 4.78 is 5.07. The van der Waals surface area contributed by atoms with Gasteiger partial charge in [-0.25, -0.2) is 0 Å². The highest BCUT2D eigenvalue weighted by Crippen LogP contribution is 2.15. The van der Waals surface area contributed by atoms with E-state index in [1.165, 1.54) is 0 Å².